The summed E-state index contributed by atoms with van der Waals surface area (Å²) in [6, 6.07) is 17.0. The third-order valence-electron chi connectivity index (χ3n) is 4.41. The van der Waals surface area contributed by atoms with Gasteiger partial charge in [0.05, 0.1) is 11.7 Å². The summed E-state index contributed by atoms with van der Waals surface area (Å²) in [6.45, 7) is 6.01. The molecule has 0 aliphatic rings. The number of para-hydroxylation sites is 1. The van der Waals surface area contributed by atoms with Crippen LogP contribution < -0.4 is 11.0 Å². The highest BCUT2D eigenvalue weighted by atomic mass is 16.2. The normalized spacial score (nSPS) is 12.1. The SMILES string of the molecule is CC(C)c1ccc([C@@H](C)NC(=O)Cn2nnn(-c3ccccc3)c2=O)cc1. The largest absolute Gasteiger partial charge is 0.368 e. The fourth-order valence-corrected chi connectivity index (χ4v) is 2.78. The van der Waals surface area contributed by atoms with Crippen molar-refractivity contribution in [1.82, 2.24) is 25.1 Å². The van der Waals surface area contributed by atoms with Crippen LogP contribution in [0.4, 0.5) is 0 Å². The molecule has 0 radical (unpaired) electrons. The minimum absolute atomic E-state index is 0.168. The highest BCUT2D eigenvalue weighted by Crippen LogP contribution is 2.18. The molecule has 1 atom stereocenters. The topological polar surface area (TPSA) is 81.8 Å². The van der Waals surface area contributed by atoms with Gasteiger partial charge < -0.3 is 5.32 Å². The molecule has 1 heterocycles. The van der Waals surface area contributed by atoms with E-state index in [1.165, 1.54) is 10.2 Å². The highest BCUT2D eigenvalue weighted by molar-refractivity contribution is 5.76. The van der Waals surface area contributed by atoms with Crippen LogP contribution in [0.1, 0.15) is 43.9 Å². The Hall–Kier alpha value is -3.22. The molecule has 27 heavy (non-hydrogen) atoms. The molecule has 140 valence electrons. The van der Waals surface area contributed by atoms with Crippen LogP contribution in [-0.2, 0) is 11.3 Å². The average Bonchev–Trinajstić information content (AvgIpc) is 3.02. The number of aromatic nitrogens is 4. The number of nitrogens with zero attached hydrogens (tertiary/aromatic N) is 4. The second-order valence-corrected chi connectivity index (χ2v) is 6.78. The van der Waals surface area contributed by atoms with Crippen LogP contribution in [0.2, 0.25) is 0 Å². The van der Waals surface area contributed by atoms with Crippen LogP contribution in [-0.4, -0.2) is 25.7 Å². The van der Waals surface area contributed by atoms with Gasteiger partial charge >= 0.3 is 5.69 Å². The van der Waals surface area contributed by atoms with Gasteiger partial charge in [-0.2, -0.15) is 9.36 Å². The Balaban J connectivity index is 1.66. The maximum atomic E-state index is 12.4. The first-order chi connectivity index (χ1) is 13.0. The summed E-state index contributed by atoms with van der Waals surface area (Å²) in [7, 11) is 0. The van der Waals surface area contributed by atoms with E-state index in [0.717, 1.165) is 10.2 Å². The second kappa shape index (κ2) is 7.99. The standard InChI is InChI=1S/C20H23N5O2/c1-14(2)16-9-11-17(12-10-16)15(3)21-19(26)13-24-20(27)25(23-22-24)18-7-5-4-6-8-18/h4-12,14-15H,13H2,1-3H3,(H,21,26)/t15-/m1/s1. The first kappa shape index (κ1) is 18.6. The van der Waals surface area contributed by atoms with Gasteiger partial charge in [-0.1, -0.05) is 56.3 Å². The molecule has 1 N–H and O–H groups in total. The van der Waals surface area contributed by atoms with Crippen molar-refractivity contribution in [3.05, 3.63) is 76.2 Å². The maximum absolute atomic E-state index is 12.4. The molecule has 1 aromatic heterocycles. The molecule has 0 fully saturated rings. The summed E-state index contributed by atoms with van der Waals surface area (Å²) in [5.41, 5.74) is 2.41. The maximum Gasteiger partial charge on any atom is 0.368 e. The van der Waals surface area contributed by atoms with Gasteiger partial charge in [0.15, 0.2) is 0 Å². The molecule has 7 nitrogen and oxygen atoms in total. The zero-order valence-electron chi connectivity index (χ0n) is 15.7. The van der Waals surface area contributed by atoms with Crippen molar-refractivity contribution in [3.63, 3.8) is 0 Å². The number of hydrogen-bond acceptors (Lipinski definition) is 4. The predicted molar refractivity (Wildman–Crippen MR) is 103 cm³/mol. The molecular formula is C20H23N5O2. The number of tetrazole rings is 1. The van der Waals surface area contributed by atoms with Gasteiger partial charge in [-0.25, -0.2) is 4.79 Å². The van der Waals surface area contributed by atoms with Crippen LogP contribution in [0.5, 0.6) is 0 Å². The lowest BCUT2D eigenvalue weighted by atomic mass is 9.99. The molecule has 0 aliphatic carbocycles. The molecule has 0 saturated carbocycles. The summed E-state index contributed by atoms with van der Waals surface area (Å²) in [4.78, 5) is 24.7. The first-order valence-corrected chi connectivity index (χ1v) is 8.93. The number of rotatable bonds is 6. The molecule has 0 saturated heterocycles. The quantitative estimate of drug-likeness (QED) is 0.727. The van der Waals surface area contributed by atoms with Gasteiger partial charge in [-0.3, -0.25) is 4.79 Å². The Kier molecular flexibility index (Phi) is 5.49. The van der Waals surface area contributed by atoms with E-state index < -0.39 is 5.69 Å². The van der Waals surface area contributed by atoms with Gasteiger partial charge in [0.25, 0.3) is 0 Å². The Morgan fingerprint density at radius 1 is 0.963 bits per heavy atom. The number of hydrogen-bond donors (Lipinski definition) is 1. The third-order valence-corrected chi connectivity index (χ3v) is 4.41. The van der Waals surface area contributed by atoms with E-state index >= 15 is 0 Å². The molecule has 0 unspecified atom stereocenters. The van der Waals surface area contributed by atoms with E-state index in [0.29, 0.717) is 11.6 Å². The van der Waals surface area contributed by atoms with Gasteiger partial charge in [0.2, 0.25) is 5.91 Å². The van der Waals surface area contributed by atoms with E-state index in [2.05, 4.69) is 41.7 Å². The van der Waals surface area contributed by atoms with Crippen LogP contribution in [0, 0.1) is 0 Å². The van der Waals surface area contributed by atoms with E-state index in [9.17, 15) is 9.59 Å². The third kappa shape index (κ3) is 4.31. The molecule has 0 spiro atoms. The van der Waals surface area contributed by atoms with E-state index in [1.54, 1.807) is 24.3 Å². The summed E-state index contributed by atoms with van der Waals surface area (Å²) < 4.78 is 2.22. The summed E-state index contributed by atoms with van der Waals surface area (Å²) >= 11 is 0. The Labute approximate surface area is 157 Å². The van der Waals surface area contributed by atoms with E-state index in [4.69, 9.17) is 0 Å². The minimum atomic E-state index is -0.453. The van der Waals surface area contributed by atoms with Gasteiger partial charge in [0.1, 0.15) is 6.54 Å². The average molecular weight is 365 g/mol. The monoisotopic (exact) mass is 365 g/mol. The molecule has 3 aromatic rings. The predicted octanol–water partition coefficient (Wildman–Crippen LogP) is 2.43. The minimum Gasteiger partial charge on any atom is -0.348 e. The van der Waals surface area contributed by atoms with Gasteiger partial charge in [-0.05, 0) is 46.5 Å². The van der Waals surface area contributed by atoms with Crippen LogP contribution >= 0.6 is 0 Å². The van der Waals surface area contributed by atoms with Crippen LogP contribution in [0.25, 0.3) is 5.69 Å². The van der Waals surface area contributed by atoms with Crippen molar-refractivity contribution in [2.45, 2.75) is 39.3 Å². The highest BCUT2D eigenvalue weighted by Gasteiger charge is 2.14. The van der Waals surface area contributed by atoms with Crippen molar-refractivity contribution >= 4 is 5.91 Å². The van der Waals surface area contributed by atoms with E-state index in [-0.39, 0.29) is 18.5 Å². The molecule has 3 rings (SSSR count). The Morgan fingerprint density at radius 3 is 2.22 bits per heavy atom. The van der Waals surface area contributed by atoms with Gasteiger partial charge in [-0.15, -0.1) is 0 Å². The molecule has 2 aromatic carbocycles. The first-order valence-electron chi connectivity index (χ1n) is 8.93. The van der Waals surface area contributed by atoms with Crippen molar-refractivity contribution in [1.29, 1.82) is 0 Å². The number of amides is 1. The number of benzene rings is 2. The van der Waals surface area contributed by atoms with Crippen molar-refractivity contribution in [2.75, 3.05) is 0 Å². The lowest BCUT2D eigenvalue weighted by Gasteiger charge is -2.15. The Morgan fingerprint density at radius 2 is 1.59 bits per heavy atom. The molecular weight excluding hydrogens is 342 g/mol. The summed E-state index contributed by atoms with van der Waals surface area (Å²) in [5, 5.41) is 10.5. The van der Waals surface area contributed by atoms with Crippen LogP contribution in [0.15, 0.2) is 59.4 Å². The fraction of sp³-hybridized carbons (Fsp3) is 0.300. The van der Waals surface area contributed by atoms with Crippen molar-refractivity contribution in [3.8, 4) is 5.69 Å². The zero-order chi connectivity index (χ0) is 19.4. The van der Waals surface area contributed by atoms with Crippen LogP contribution in [0.3, 0.4) is 0 Å². The fourth-order valence-electron chi connectivity index (χ4n) is 2.78. The lowest BCUT2D eigenvalue weighted by molar-refractivity contribution is -0.122. The molecule has 1 amide bonds. The number of carbonyl (C=O) groups excluding carboxylic acids is 1. The molecule has 0 aliphatic heterocycles. The summed E-state index contributed by atoms with van der Waals surface area (Å²) in [5.74, 6) is 0.167. The number of nitrogens with one attached hydrogen (secondary N) is 1. The zero-order valence-corrected chi connectivity index (χ0v) is 15.7. The smallest absolute Gasteiger partial charge is 0.348 e. The second-order valence-electron chi connectivity index (χ2n) is 6.78. The van der Waals surface area contributed by atoms with Crippen molar-refractivity contribution < 1.29 is 4.79 Å². The number of carbonyl (C=O) groups is 1. The molecule has 7 heteroatoms. The lowest BCUT2D eigenvalue weighted by Crippen LogP contribution is -2.34. The Bertz CT molecular complexity index is 958. The van der Waals surface area contributed by atoms with E-state index in [1.807, 2.05) is 25.1 Å². The van der Waals surface area contributed by atoms with Crippen molar-refractivity contribution in [2.24, 2.45) is 0 Å². The molecule has 0 bridgehead atoms. The summed E-state index contributed by atoms with van der Waals surface area (Å²) in [6.07, 6.45) is 0. The van der Waals surface area contributed by atoms with Gasteiger partial charge in [0, 0.05) is 0 Å².